The molecule has 0 atom stereocenters. The van der Waals surface area contributed by atoms with Gasteiger partial charge in [0.15, 0.2) is 0 Å². The second kappa shape index (κ2) is 3.93. The molecule has 86 valence electrons. The quantitative estimate of drug-likeness (QED) is 0.808. The van der Waals surface area contributed by atoms with Crippen molar-refractivity contribution >= 4 is 11.6 Å². The normalized spacial score (nSPS) is 15.9. The van der Waals surface area contributed by atoms with Crippen LogP contribution in [0.3, 0.4) is 0 Å². The lowest BCUT2D eigenvalue weighted by Gasteiger charge is -2.19. The molecule has 1 aromatic rings. The fraction of sp³-hybridized carbons (Fsp3) is 0.500. The van der Waals surface area contributed by atoms with Crippen LogP contribution >= 0.6 is 0 Å². The summed E-state index contributed by atoms with van der Waals surface area (Å²) in [5, 5.41) is 2.94. The summed E-state index contributed by atoms with van der Waals surface area (Å²) in [5.41, 5.74) is 2.36. The maximum absolute atomic E-state index is 11.5. The summed E-state index contributed by atoms with van der Waals surface area (Å²) < 4.78 is 0. The highest BCUT2D eigenvalue weighted by molar-refractivity contribution is 5.94. The van der Waals surface area contributed by atoms with Gasteiger partial charge in [0.05, 0.1) is 0 Å². The van der Waals surface area contributed by atoms with Crippen LogP contribution in [0.1, 0.15) is 39.2 Å². The van der Waals surface area contributed by atoms with Crippen molar-refractivity contribution in [2.24, 2.45) is 5.92 Å². The standard InChI is InChI=1S/C14H19NO/c1-14(2,3)11-6-8-12(9-7-11)15-13(16)10-4-5-10/h6-10H,4-5H2,1-3H3,(H,15,16). The molecule has 0 bridgehead atoms. The number of amides is 1. The fourth-order valence-corrected chi connectivity index (χ4v) is 1.64. The van der Waals surface area contributed by atoms with Gasteiger partial charge in [-0.05, 0) is 36.0 Å². The molecule has 16 heavy (non-hydrogen) atoms. The molecule has 1 aliphatic rings. The Morgan fingerprint density at radius 1 is 1.19 bits per heavy atom. The zero-order chi connectivity index (χ0) is 11.8. The van der Waals surface area contributed by atoms with Crippen LogP contribution < -0.4 is 5.32 Å². The van der Waals surface area contributed by atoms with Crippen molar-refractivity contribution < 1.29 is 4.79 Å². The van der Waals surface area contributed by atoms with Crippen molar-refractivity contribution in [3.05, 3.63) is 29.8 Å². The highest BCUT2D eigenvalue weighted by atomic mass is 16.2. The Kier molecular flexibility index (Phi) is 2.75. The van der Waals surface area contributed by atoms with Crippen LogP contribution in [0.5, 0.6) is 0 Å². The van der Waals surface area contributed by atoms with Crippen LogP contribution in [0.15, 0.2) is 24.3 Å². The third kappa shape index (κ3) is 2.63. The Morgan fingerprint density at radius 2 is 1.75 bits per heavy atom. The molecule has 0 spiro atoms. The van der Waals surface area contributed by atoms with Crippen molar-refractivity contribution in [1.29, 1.82) is 0 Å². The average Bonchev–Trinajstić information content (AvgIpc) is 3.00. The van der Waals surface area contributed by atoms with Gasteiger partial charge in [0, 0.05) is 11.6 Å². The van der Waals surface area contributed by atoms with Gasteiger partial charge in [-0.15, -0.1) is 0 Å². The number of nitrogens with one attached hydrogen (secondary N) is 1. The number of carbonyl (C=O) groups excluding carboxylic acids is 1. The molecule has 1 amide bonds. The molecule has 0 aliphatic heterocycles. The molecule has 0 heterocycles. The van der Waals surface area contributed by atoms with E-state index in [0.29, 0.717) is 0 Å². The minimum absolute atomic E-state index is 0.166. The van der Waals surface area contributed by atoms with Gasteiger partial charge in [-0.3, -0.25) is 4.79 Å². The second-order valence-corrected chi connectivity index (χ2v) is 5.59. The van der Waals surface area contributed by atoms with E-state index in [2.05, 4.69) is 38.2 Å². The SMILES string of the molecule is CC(C)(C)c1ccc(NC(=O)C2CC2)cc1. The first-order valence-corrected chi connectivity index (χ1v) is 5.88. The molecular formula is C14H19NO. The molecule has 1 fully saturated rings. The van der Waals surface area contributed by atoms with Crippen LogP contribution in [0.4, 0.5) is 5.69 Å². The van der Waals surface area contributed by atoms with E-state index in [4.69, 9.17) is 0 Å². The molecule has 0 radical (unpaired) electrons. The van der Waals surface area contributed by atoms with Gasteiger partial charge < -0.3 is 5.32 Å². The van der Waals surface area contributed by atoms with E-state index in [1.54, 1.807) is 0 Å². The number of rotatable bonds is 2. The zero-order valence-electron chi connectivity index (χ0n) is 10.2. The molecule has 0 unspecified atom stereocenters. The second-order valence-electron chi connectivity index (χ2n) is 5.59. The first-order valence-electron chi connectivity index (χ1n) is 5.88. The van der Waals surface area contributed by atoms with Crippen molar-refractivity contribution in [2.45, 2.75) is 39.0 Å². The van der Waals surface area contributed by atoms with E-state index in [1.165, 1.54) is 5.56 Å². The molecule has 2 nitrogen and oxygen atoms in total. The Morgan fingerprint density at radius 3 is 2.19 bits per heavy atom. The van der Waals surface area contributed by atoms with E-state index in [-0.39, 0.29) is 17.2 Å². The van der Waals surface area contributed by atoms with Crippen LogP contribution in [0.25, 0.3) is 0 Å². The van der Waals surface area contributed by atoms with Crippen molar-refractivity contribution in [3.8, 4) is 0 Å². The summed E-state index contributed by atoms with van der Waals surface area (Å²) >= 11 is 0. The van der Waals surface area contributed by atoms with E-state index in [9.17, 15) is 4.79 Å². The first kappa shape index (κ1) is 11.2. The highest BCUT2D eigenvalue weighted by Crippen LogP contribution is 2.30. The third-order valence-electron chi connectivity index (χ3n) is 2.97. The summed E-state index contributed by atoms with van der Waals surface area (Å²) in [4.78, 5) is 11.5. The van der Waals surface area contributed by atoms with Crippen molar-refractivity contribution in [1.82, 2.24) is 0 Å². The van der Waals surface area contributed by atoms with Crippen molar-refractivity contribution in [3.63, 3.8) is 0 Å². The molecule has 1 N–H and O–H groups in total. The van der Waals surface area contributed by atoms with Crippen LogP contribution in [-0.4, -0.2) is 5.91 Å². The van der Waals surface area contributed by atoms with Gasteiger partial charge in [0.1, 0.15) is 0 Å². The summed E-state index contributed by atoms with van der Waals surface area (Å²) in [6.07, 6.45) is 2.10. The van der Waals surface area contributed by atoms with E-state index >= 15 is 0 Å². The summed E-state index contributed by atoms with van der Waals surface area (Å²) in [6.45, 7) is 6.56. The minimum Gasteiger partial charge on any atom is -0.326 e. The Labute approximate surface area is 97.1 Å². The summed E-state index contributed by atoms with van der Waals surface area (Å²) in [7, 11) is 0. The molecule has 2 rings (SSSR count). The van der Waals surface area contributed by atoms with Gasteiger partial charge in [-0.1, -0.05) is 32.9 Å². The molecule has 1 saturated carbocycles. The Bertz CT molecular complexity index is 382. The van der Waals surface area contributed by atoms with Gasteiger partial charge in [-0.2, -0.15) is 0 Å². The summed E-state index contributed by atoms with van der Waals surface area (Å²) in [6, 6.07) is 8.15. The third-order valence-corrected chi connectivity index (χ3v) is 2.97. The zero-order valence-corrected chi connectivity index (χ0v) is 10.2. The Hall–Kier alpha value is -1.31. The minimum atomic E-state index is 0.166. The topological polar surface area (TPSA) is 29.1 Å². The van der Waals surface area contributed by atoms with Gasteiger partial charge in [0.2, 0.25) is 5.91 Å². The summed E-state index contributed by atoms with van der Waals surface area (Å²) in [5.74, 6) is 0.436. The largest absolute Gasteiger partial charge is 0.326 e. The Balaban J connectivity index is 2.04. The lowest BCUT2D eigenvalue weighted by Crippen LogP contribution is -2.14. The molecule has 1 aromatic carbocycles. The number of anilines is 1. The monoisotopic (exact) mass is 217 g/mol. The van der Waals surface area contributed by atoms with Crippen molar-refractivity contribution in [2.75, 3.05) is 5.32 Å². The number of carbonyl (C=O) groups is 1. The molecule has 2 heteroatoms. The molecule has 0 saturated heterocycles. The molecular weight excluding hydrogens is 198 g/mol. The maximum atomic E-state index is 11.5. The fourth-order valence-electron chi connectivity index (χ4n) is 1.64. The number of hydrogen-bond acceptors (Lipinski definition) is 1. The highest BCUT2D eigenvalue weighted by Gasteiger charge is 2.29. The maximum Gasteiger partial charge on any atom is 0.227 e. The molecule has 0 aromatic heterocycles. The van der Waals surface area contributed by atoms with Crippen LogP contribution in [0, 0.1) is 5.92 Å². The number of hydrogen-bond donors (Lipinski definition) is 1. The van der Waals surface area contributed by atoms with E-state index < -0.39 is 0 Å². The predicted octanol–water partition coefficient (Wildman–Crippen LogP) is 3.33. The van der Waals surface area contributed by atoms with Gasteiger partial charge in [-0.25, -0.2) is 0 Å². The van der Waals surface area contributed by atoms with Gasteiger partial charge >= 0.3 is 0 Å². The van der Waals surface area contributed by atoms with E-state index in [1.807, 2.05) is 12.1 Å². The lowest BCUT2D eigenvalue weighted by atomic mass is 9.87. The first-order chi connectivity index (χ1) is 7.47. The smallest absolute Gasteiger partial charge is 0.227 e. The van der Waals surface area contributed by atoms with Crippen LogP contribution in [0.2, 0.25) is 0 Å². The van der Waals surface area contributed by atoms with Gasteiger partial charge in [0.25, 0.3) is 0 Å². The van der Waals surface area contributed by atoms with Crippen LogP contribution in [-0.2, 0) is 10.2 Å². The molecule has 1 aliphatic carbocycles. The average molecular weight is 217 g/mol. The number of benzene rings is 1. The van der Waals surface area contributed by atoms with E-state index in [0.717, 1.165) is 18.5 Å². The predicted molar refractivity (Wildman–Crippen MR) is 66.5 cm³/mol. The lowest BCUT2D eigenvalue weighted by molar-refractivity contribution is -0.117.